The highest BCUT2D eigenvalue weighted by molar-refractivity contribution is 6.05. The number of hydrogen-bond acceptors (Lipinski definition) is 3. The minimum absolute atomic E-state index is 0.152. The van der Waals surface area contributed by atoms with Crippen molar-refractivity contribution in [2.45, 2.75) is 32.2 Å². The summed E-state index contributed by atoms with van der Waals surface area (Å²) in [5.41, 5.74) is 2.10. The minimum Gasteiger partial charge on any atom is -0.469 e. The maximum atomic E-state index is 12.2. The second-order valence-corrected chi connectivity index (χ2v) is 4.41. The number of hydrogen-bond donors (Lipinski definition) is 0. The third-order valence-corrected chi connectivity index (χ3v) is 3.34. The fourth-order valence-electron chi connectivity index (χ4n) is 2.41. The molecule has 18 heavy (non-hydrogen) atoms. The summed E-state index contributed by atoms with van der Waals surface area (Å²) in [6.45, 7) is 2.05. The van der Waals surface area contributed by atoms with Crippen molar-refractivity contribution in [3.63, 3.8) is 0 Å². The summed E-state index contributed by atoms with van der Waals surface area (Å²) in [6, 6.07) is 8.00. The van der Waals surface area contributed by atoms with E-state index in [1.54, 1.807) is 4.90 Å². The Balaban J connectivity index is 2.24. The molecule has 1 aromatic carbocycles. The van der Waals surface area contributed by atoms with Gasteiger partial charge in [0.15, 0.2) is 0 Å². The lowest BCUT2D eigenvalue weighted by Gasteiger charge is -2.24. The van der Waals surface area contributed by atoms with Crippen LogP contribution in [0, 0.1) is 0 Å². The first-order valence-corrected chi connectivity index (χ1v) is 6.14. The molecule has 0 aliphatic carbocycles. The van der Waals surface area contributed by atoms with E-state index in [4.69, 9.17) is 0 Å². The van der Waals surface area contributed by atoms with Gasteiger partial charge in [-0.25, -0.2) is 0 Å². The molecule has 96 valence electrons. The van der Waals surface area contributed by atoms with Crippen molar-refractivity contribution in [2.24, 2.45) is 0 Å². The number of rotatable bonds is 3. The number of esters is 1. The molecule has 1 atom stereocenters. The van der Waals surface area contributed by atoms with E-state index in [9.17, 15) is 9.59 Å². The third-order valence-electron chi connectivity index (χ3n) is 3.34. The molecule has 1 amide bonds. The van der Waals surface area contributed by atoms with Crippen LogP contribution >= 0.6 is 0 Å². The van der Waals surface area contributed by atoms with Crippen molar-refractivity contribution >= 4 is 17.6 Å². The Morgan fingerprint density at radius 3 is 2.78 bits per heavy atom. The monoisotopic (exact) mass is 247 g/mol. The molecular weight excluding hydrogens is 230 g/mol. The van der Waals surface area contributed by atoms with Gasteiger partial charge in [0.05, 0.1) is 7.11 Å². The SMILES string of the molecule is CCC1Cc2ccccc2N1C(=O)CC(=O)OC. The van der Waals surface area contributed by atoms with Crippen LogP contribution < -0.4 is 4.90 Å². The van der Waals surface area contributed by atoms with Gasteiger partial charge in [-0.15, -0.1) is 0 Å². The van der Waals surface area contributed by atoms with Crippen LogP contribution in [0.4, 0.5) is 5.69 Å². The standard InChI is InChI=1S/C14H17NO3/c1-3-11-8-10-6-4-5-7-12(10)15(11)13(16)9-14(17)18-2/h4-7,11H,3,8-9H2,1-2H3. The summed E-state index contributed by atoms with van der Waals surface area (Å²) >= 11 is 0. The summed E-state index contributed by atoms with van der Waals surface area (Å²) in [5.74, 6) is -0.669. The summed E-state index contributed by atoms with van der Waals surface area (Å²) in [4.78, 5) is 25.1. The van der Waals surface area contributed by atoms with E-state index in [1.165, 1.54) is 12.7 Å². The number of carbonyl (C=O) groups is 2. The van der Waals surface area contributed by atoms with Crippen LogP contribution in [0.1, 0.15) is 25.3 Å². The van der Waals surface area contributed by atoms with Crippen molar-refractivity contribution in [2.75, 3.05) is 12.0 Å². The quantitative estimate of drug-likeness (QED) is 0.605. The highest BCUT2D eigenvalue weighted by Crippen LogP contribution is 2.33. The van der Waals surface area contributed by atoms with Gasteiger partial charge in [-0.3, -0.25) is 9.59 Å². The topological polar surface area (TPSA) is 46.6 Å². The number of para-hydroxylation sites is 1. The van der Waals surface area contributed by atoms with Crippen LogP contribution in [0.15, 0.2) is 24.3 Å². The molecule has 4 nitrogen and oxygen atoms in total. The zero-order valence-corrected chi connectivity index (χ0v) is 10.7. The molecule has 0 aromatic heterocycles. The molecule has 1 unspecified atom stereocenters. The molecule has 1 aliphatic rings. The molecule has 1 aromatic rings. The molecule has 0 radical (unpaired) electrons. The predicted octanol–water partition coefficient (Wildman–Crippen LogP) is 1.92. The molecule has 0 bridgehead atoms. The van der Waals surface area contributed by atoms with Crippen LogP contribution in [0.2, 0.25) is 0 Å². The second-order valence-electron chi connectivity index (χ2n) is 4.41. The van der Waals surface area contributed by atoms with E-state index in [2.05, 4.69) is 11.7 Å². The van der Waals surface area contributed by atoms with Gasteiger partial charge in [0, 0.05) is 11.7 Å². The first-order chi connectivity index (χ1) is 8.67. The number of anilines is 1. The Morgan fingerprint density at radius 1 is 1.39 bits per heavy atom. The Hall–Kier alpha value is -1.84. The maximum Gasteiger partial charge on any atom is 0.315 e. The average molecular weight is 247 g/mol. The number of amides is 1. The predicted molar refractivity (Wildman–Crippen MR) is 68.3 cm³/mol. The van der Waals surface area contributed by atoms with E-state index in [1.807, 2.05) is 24.3 Å². The van der Waals surface area contributed by atoms with Gasteiger partial charge in [0.1, 0.15) is 6.42 Å². The molecule has 0 N–H and O–H groups in total. The summed E-state index contributed by atoms with van der Waals surface area (Å²) in [7, 11) is 1.30. The minimum atomic E-state index is -0.487. The van der Waals surface area contributed by atoms with Crippen LogP contribution in [-0.4, -0.2) is 25.0 Å². The first kappa shape index (κ1) is 12.6. The van der Waals surface area contributed by atoms with E-state index in [-0.39, 0.29) is 18.4 Å². The van der Waals surface area contributed by atoms with Crippen molar-refractivity contribution in [1.82, 2.24) is 0 Å². The van der Waals surface area contributed by atoms with Gasteiger partial charge in [-0.2, -0.15) is 0 Å². The number of fused-ring (bicyclic) bond motifs is 1. The fourth-order valence-corrected chi connectivity index (χ4v) is 2.41. The fraction of sp³-hybridized carbons (Fsp3) is 0.429. The average Bonchev–Trinajstić information content (AvgIpc) is 2.76. The van der Waals surface area contributed by atoms with Crippen molar-refractivity contribution in [3.8, 4) is 0 Å². The van der Waals surface area contributed by atoms with Crippen molar-refractivity contribution in [3.05, 3.63) is 29.8 Å². The van der Waals surface area contributed by atoms with Crippen molar-refractivity contribution in [1.29, 1.82) is 0 Å². The molecule has 0 saturated carbocycles. The lowest BCUT2D eigenvalue weighted by molar-refractivity contribution is -0.143. The third kappa shape index (κ3) is 2.23. The highest BCUT2D eigenvalue weighted by Gasteiger charge is 2.33. The van der Waals surface area contributed by atoms with Gasteiger partial charge in [-0.05, 0) is 24.5 Å². The number of carbonyl (C=O) groups excluding carboxylic acids is 2. The smallest absolute Gasteiger partial charge is 0.315 e. The van der Waals surface area contributed by atoms with E-state index >= 15 is 0 Å². The van der Waals surface area contributed by atoms with Crippen LogP contribution in [0.3, 0.4) is 0 Å². The Bertz CT molecular complexity index is 470. The Labute approximate surface area is 107 Å². The normalized spacial score (nSPS) is 17.4. The Morgan fingerprint density at radius 2 is 2.11 bits per heavy atom. The second kappa shape index (κ2) is 5.21. The largest absolute Gasteiger partial charge is 0.469 e. The van der Waals surface area contributed by atoms with E-state index < -0.39 is 5.97 Å². The van der Waals surface area contributed by atoms with Crippen LogP contribution in [0.5, 0.6) is 0 Å². The van der Waals surface area contributed by atoms with Gasteiger partial charge in [0.2, 0.25) is 5.91 Å². The molecular formula is C14H17NO3. The number of methoxy groups -OCH3 is 1. The van der Waals surface area contributed by atoms with Gasteiger partial charge < -0.3 is 9.64 Å². The highest BCUT2D eigenvalue weighted by atomic mass is 16.5. The number of nitrogens with zero attached hydrogens (tertiary/aromatic N) is 1. The van der Waals surface area contributed by atoms with Crippen molar-refractivity contribution < 1.29 is 14.3 Å². The van der Waals surface area contributed by atoms with Crippen LogP contribution in [-0.2, 0) is 20.7 Å². The lowest BCUT2D eigenvalue weighted by Crippen LogP contribution is -2.38. The molecule has 0 saturated heterocycles. The molecule has 0 spiro atoms. The summed E-state index contributed by atoms with van der Waals surface area (Å²) in [5, 5.41) is 0. The number of benzene rings is 1. The van der Waals surface area contributed by atoms with Gasteiger partial charge in [0.25, 0.3) is 0 Å². The van der Waals surface area contributed by atoms with E-state index in [0.29, 0.717) is 0 Å². The molecule has 0 fully saturated rings. The van der Waals surface area contributed by atoms with E-state index in [0.717, 1.165) is 18.5 Å². The Kier molecular flexibility index (Phi) is 3.65. The first-order valence-electron chi connectivity index (χ1n) is 6.14. The van der Waals surface area contributed by atoms with Crippen LogP contribution in [0.25, 0.3) is 0 Å². The zero-order chi connectivity index (χ0) is 13.1. The molecule has 2 rings (SSSR count). The van der Waals surface area contributed by atoms with Gasteiger partial charge >= 0.3 is 5.97 Å². The maximum absolute atomic E-state index is 12.2. The lowest BCUT2D eigenvalue weighted by atomic mass is 10.1. The molecule has 4 heteroatoms. The number of ether oxygens (including phenoxy) is 1. The molecule has 1 aliphatic heterocycles. The molecule has 1 heterocycles. The summed E-state index contributed by atoms with van der Waals surface area (Å²) < 4.78 is 4.55. The summed E-state index contributed by atoms with van der Waals surface area (Å²) in [6.07, 6.45) is 1.54. The zero-order valence-electron chi connectivity index (χ0n) is 10.7. The van der Waals surface area contributed by atoms with Gasteiger partial charge in [-0.1, -0.05) is 25.1 Å².